The molecule has 0 aliphatic heterocycles. The monoisotopic (exact) mass is 331 g/mol. The minimum absolute atomic E-state index is 0.0567. The lowest BCUT2D eigenvalue weighted by Gasteiger charge is -2.23. The molecule has 0 spiro atoms. The fourth-order valence-electron chi connectivity index (χ4n) is 2.89. The van der Waals surface area contributed by atoms with Gasteiger partial charge in [-0.05, 0) is 31.2 Å². The molecule has 1 heterocycles. The number of aliphatic hydroxyl groups excluding tert-OH is 1. The van der Waals surface area contributed by atoms with E-state index in [0.717, 1.165) is 35.4 Å². The van der Waals surface area contributed by atoms with E-state index in [4.69, 9.17) is 5.73 Å². The van der Waals surface area contributed by atoms with Gasteiger partial charge in [0.1, 0.15) is 6.10 Å². The van der Waals surface area contributed by atoms with Gasteiger partial charge in [-0.15, -0.1) is 11.3 Å². The Labute approximate surface area is 139 Å². The van der Waals surface area contributed by atoms with Crippen molar-refractivity contribution in [2.75, 3.05) is 5.73 Å². The molecule has 0 saturated carbocycles. The average molecular weight is 331 g/mol. The molecule has 0 fully saturated rings. The fourth-order valence-corrected chi connectivity index (χ4v) is 3.85. The number of anilines is 1. The highest BCUT2D eigenvalue weighted by molar-refractivity contribution is 7.15. The first-order valence-electron chi connectivity index (χ1n) is 7.88. The van der Waals surface area contributed by atoms with Crippen LogP contribution in [0.15, 0.2) is 30.3 Å². The molecule has 2 aromatic rings. The lowest BCUT2D eigenvalue weighted by atomic mass is 9.97. The van der Waals surface area contributed by atoms with Crippen LogP contribution in [0, 0.1) is 0 Å². The van der Waals surface area contributed by atoms with Crippen molar-refractivity contribution in [3.8, 4) is 0 Å². The van der Waals surface area contributed by atoms with Gasteiger partial charge < -0.3 is 16.2 Å². The van der Waals surface area contributed by atoms with Gasteiger partial charge in [0.15, 0.2) is 5.13 Å². The predicted octanol–water partition coefficient (Wildman–Crippen LogP) is 1.69. The standard InChI is InChI=1S/C17H21N3O2S/c18-17-20-13-8-7-12(10-15(13)23-17)19-16(22)14(21)9-6-11-4-2-1-3-5-11/h1-5,12,14,21H,6-10H2,(H2,18,20)(H,19,22)/t12-,14?/m0/s1. The number of hydrogen-bond donors (Lipinski definition) is 3. The number of fused-ring (bicyclic) bond motifs is 1. The van der Waals surface area contributed by atoms with Gasteiger partial charge in [-0.25, -0.2) is 4.98 Å². The molecule has 1 aliphatic rings. The number of hydrogen-bond acceptors (Lipinski definition) is 5. The van der Waals surface area contributed by atoms with Gasteiger partial charge >= 0.3 is 0 Å². The minimum atomic E-state index is -0.969. The van der Waals surface area contributed by atoms with E-state index in [1.165, 1.54) is 11.3 Å². The van der Waals surface area contributed by atoms with E-state index in [-0.39, 0.29) is 11.9 Å². The van der Waals surface area contributed by atoms with Crippen LogP contribution in [0.4, 0.5) is 5.13 Å². The van der Waals surface area contributed by atoms with Gasteiger partial charge in [0.2, 0.25) is 5.91 Å². The second-order valence-electron chi connectivity index (χ2n) is 5.91. The van der Waals surface area contributed by atoms with E-state index in [0.29, 0.717) is 18.0 Å². The Balaban J connectivity index is 1.49. The Hall–Kier alpha value is -1.92. The minimum Gasteiger partial charge on any atom is -0.383 e. The van der Waals surface area contributed by atoms with Crippen LogP contribution in [0.25, 0.3) is 0 Å². The second-order valence-corrected chi connectivity index (χ2v) is 7.03. The number of aliphatic hydroxyl groups is 1. The van der Waals surface area contributed by atoms with Crippen molar-refractivity contribution in [3.63, 3.8) is 0 Å². The molecular formula is C17H21N3O2S. The zero-order chi connectivity index (χ0) is 16.2. The van der Waals surface area contributed by atoms with Crippen molar-refractivity contribution in [2.24, 2.45) is 0 Å². The Morgan fingerprint density at radius 1 is 1.43 bits per heavy atom. The number of thiazole rings is 1. The number of nitrogens with two attached hydrogens (primary N) is 1. The number of amides is 1. The van der Waals surface area contributed by atoms with Crippen molar-refractivity contribution >= 4 is 22.4 Å². The quantitative estimate of drug-likeness (QED) is 0.778. The summed E-state index contributed by atoms with van der Waals surface area (Å²) in [5.74, 6) is -0.285. The molecule has 0 radical (unpaired) electrons. The van der Waals surface area contributed by atoms with E-state index < -0.39 is 6.10 Å². The van der Waals surface area contributed by atoms with E-state index >= 15 is 0 Å². The number of carbonyl (C=O) groups is 1. The highest BCUT2D eigenvalue weighted by Gasteiger charge is 2.25. The first-order valence-corrected chi connectivity index (χ1v) is 8.70. The molecular weight excluding hydrogens is 310 g/mol. The summed E-state index contributed by atoms with van der Waals surface area (Å²) in [7, 11) is 0. The number of nitrogens with zero attached hydrogens (tertiary/aromatic N) is 1. The van der Waals surface area contributed by atoms with Gasteiger partial charge in [-0.3, -0.25) is 4.79 Å². The summed E-state index contributed by atoms with van der Waals surface area (Å²) in [5.41, 5.74) is 7.91. The molecule has 0 bridgehead atoms. The topological polar surface area (TPSA) is 88.2 Å². The molecule has 1 unspecified atom stereocenters. The molecule has 1 amide bonds. The van der Waals surface area contributed by atoms with Crippen molar-refractivity contribution < 1.29 is 9.90 Å². The molecule has 1 aromatic carbocycles. The Morgan fingerprint density at radius 2 is 2.22 bits per heavy atom. The Morgan fingerprint density at radius 3 is 3.00 bits per heavy atom. The summed E-state index contributed by atoms with van der Waals surface area (Å²) >= 11 is 1.49. The lowest BCUT2D eigenvalue weighted by molar-refractivity contribution is -0.130. The molecule has 122 valence electrons. The summed E-state index contributed by atoms with van der Waals surface area (Å²) in [4.78, 5) is 17.6. The van der Waals surface area contributed by atoms with E-state index in [1.807, 2.05) is 30.3 Å². The van der Waals surface area contributed by atoms with E-state index in [1.54, 1.807) is 0 Å². The van der Waals surface area contributed by atoms with Crippen LogP contribution < -0.4 is 11.1 Å². The maximum Gasteiger partial charge on any atom is 0.249 e. The fraction of sp³-hybridized carbons (Fsp3) is 0.412. The van der Waals surface area contributed by atoms with Crippen LogP contribution >= 0.6 is 11.3 Å². The largest absolute Gasteiger partial charge is 0.383 e. The van der Waals surface area contributed by atoms with E-state index in [9.17, 15) is 9.90 Å². The van der Waals surface area contributed by atoms with Gasteiger partial charge in [0.05, 0.1) is 5.69 Å². The highest BCUT2D eigenvalue weighted by Crippen LogP contribution is 2.28. The summed E-state index contributed by atoms with van der Waals surface area (Å²) < 4.78 is 0. The maximum absolute atomic E-state index is 12.2. The van der Waals surface area contributed by atoms with Gasteiger partial charge in [0.25, 0.3) is 0 Å². The third-order valence-corrected chi connectivity index (χ3v) is 5.10. The molecule has 5 nitrogen and oxygen atoms in total. The number of nitrogen functional groups attached to an aromatic ring is 1. The molecule has 4 N–H and O–H groups in total. The van der Waals surface area contributed by atoms with Gasteiger partial charge in [0, 0.05) is 17.3 Å². The third-order valence-electron chi connectivity index (χ3n) is 4.15. The molecule has 6 heteroatoms. The molecule has 0 saturated heterocycles. The van der Waals surface area contributed by atoms with Crippen molar-refractivity contribution in [1.82, 2.24) is 10.3 Å². The van der Waals surface area contributed by atoms with Crippen LogP contribution in [-0.2, 0) is 24.1 Å². The SMILES string of the molecule is Nc1nc2c(s1)C[C@@H](NC(=O)C(O)CCc1ccccc1)CC2. The number of aryl methyl sites for hydroxylation is 2. The summed E-state index contributed by atoms with van der Waals surface area (Å²) in [6, 6.07) is 9.94. The smallest absolute Gasteiger partial charge is 0.249 e. The summed E-state index contributed by atoms with van der Waals surface area (Å²) in [5, 5.41) is 13.6. The highest BCUT2D eigenvalue weighted by atomic mass is 32.1. The van der Waals surface area contributed by atoms with Crippen LogP contribution in [0.5, 0.6) is 0 Å². The van der Waals surface area contributed by atoms with Crippen molar-refractivity contribution in [1.29, 1.82) is 0 Å². The first-order chi connectivity index (χ1) is 11.1. The Bertz CT molecular complexity index is 672. The zero-order valence-corrected chi connectivity index (χ0v) is 13.7. The first kappa shape index (κ1) is 16.0. The summed E-state index contributed by atoms with van der Waals surface area (Å²) in [6.45, 7) is 0. The number of carbonyl (C=O) groups excluding carboxylic acids is 1. The number of benzene rings is 1. The van der Waals surface area contributed by atoms with Crippen LogP contribution in [-0.4, -0.2) is 28.1 Å². The van der Waals surface area contributed by atoms with E-state index in [2.05, 4.69) is 10.3 Å². The van der Waals surface area contributed by atoms with Crippen molar-refractivity contribution in [2.45, 2.75) is 44.2 Å². The molecule has 3 rings (SSSR count). The van der Waals surface area contributed by atoms with Crippen LogP contribution in [0.1, 0.15) is 29.0 Å². The molecule has 1 aromatic heterocycles. The normalized spacial score (nSPS) is 18.2. The molecule has 1 aliphatic carbocycles. The van der Waals surface area contributed by atoms with Crippen LogP contribution in [0.2, 0.25) is 0 Å². The number of aromatic nitrogens is 1. The summed E-state index contributed by atoms with van der Waals surface area (Å²) in [6.07, 6.45) is 2.57. The second kappa shape index (κ2) is 7.10. The molecule has 23 heavy (non-hydrogen) atoms. The number of rotatable bonds is 5. The van der Waals surface area contributed by atoms with Gasteiger partial charge in [-0.2, -0.15) is 0 Å². The number of nitrogens with one attached hydrogen (secondary N) is 1. The zero-order valence-electron chi connectivity index (χ0n) is 12.9. The average Bonchev–Trinajstić information content (AvgIpc) is 2.92. The Kier molecular flexibility index (Phi) is 4.93. The van der Waals surface area contributed by atoms with Crippen LogP contribution in [0.3, 0.4) is 0 Å². The predicted molar refractivity (Wildman–Crippen MR) is 91.3 cm³/mol. The van der Waals surface area contributed by atoms with Gasteiger partial charge in [-0.1, -0.05) is 30.3 Å². The lowest BCUT2D eigenvalue weighted by Crippen LogP contribution is -2.44. The van der Waals surface area contributed by atoms with Crippen molar-refractivity contribution in [3.05, 3.63) is 46.5 Å². The third kappa shape index (κ3) is 4.09. The molecule has 2 atom stereocenters. The maximum atomic E-state index is 12.2.